The minimum Gasteiger partial charge on any atom is -0.516 e. The van der Waals surface area contributed by atoms with Crippen LogP contribution in [-0.4, -0.2) is 50.3 Å². The summed E-state index contributed by atoms with van der Waals surface area (Å²) < 4.78 is 135. The Kier molecular flexibility index (Phi) is 7.89. The lowest BCUT2D eigenvalue weighted by Gasteiger charge is -2.35. The number of benzene rings is 1. The Morgan fingerprint density at radius 1 is 0.714 bits per heavy atom. The highest BCUT2D eigenvalue weighted by Gasteiger charge is 2.70. The molecule has 0 aliphatic carbocycles. The molecule has 0 spiro atoms. The number of halogens is 10. The van der Waals surface area contributed by atoms with Crippen LogP contribution in [0.4, 0.5) is 49.6 Å². The minimum absolute atomic E-state index is 0.275. The molecular weight excluding hydrogens is 524 g/mol. The smallest absolute Gasteiger partial charge is 0.463 e. The van der Waals surface area contributed by atoms with Gasteiger partial charge in [0.05, 0.1) is 11.3 Å². The number of rotatable bonds is 5. The maximum absolute atomic E-state index is 13.5. The molecule has 0 fully saturated rings. The largest absolute Gasteiger partial charge is 0.516 e. The van der Waals surface area contributed by atoms with Crippen molar-refractivity contribution in [3.63, 3.8) is 0 Å². The van der Waals surface area contributed by atoms with Gasteiger partial charge in [0.15, 0.2) is 0 Å². The second kappa shape index (κ2) is 9.09. The summed E-state index contributed by atoms with van der Waals surface area (Å²) in [6.07, 6.45) is -13.5. The molecular formula is C19H19F10NO4Si. The van der Waals surface area contributed by atoms with Crippen molar-refractivity contribution >= 4 is 31.8 Å². The molecule has 1 aromatic rings. The zero-order valence-corrected chi connectivity index (χ0v) is 19.7. The highest BCUT2D eigenvalue weighted by Crippen LogP contribution is 2.42. The minimum atomic E-state index is -6.73. The maximum atomic E-state index is 13.5. The molecule has 0 aromatic heterocycles. The number of imide groups is 1. The van der Waals surface area contributed by atoms with Crippen LogP contribution >= 0.6 is 0 Å². The van der Waals surface area contributed by atoms with Crippen molar-refractivity contribution in [3.8, 4) is 0 Å². The fourth-order valence-electron chi connectivity index (χ4n) is 2.04. The van der Waals surface area contributed by atoms with Crippen molar-refractivity contribution in [2.45, 2.75) is 63.1 Å². The van der Waals surface area contributed by atoms with E-state index in [9.17, 15) is 58.3 Å². The fraction of sp³-hybridized carbons (Fsp3) is 0.526. The molecule has 0 radical (unpaired) electrons. The molecule has 35 heavy (non-hydrogen) atoms. The van der Waals surface area contributed by atoms with Gasteiger partial charge in [-0.1, -0.05) is 20.8 Å². The number of hydrogen-bond acceptors (Lipinski definition) is 4. The van der Waals surface area contributed by atoms with Crippen LogP contribution < -0.4 is 4.90 Å². The van der Waals surface area contributed by atoms with E-state index in [1.807, 2.05) is 0 Å². The third kappa shape index (κ3) is 5.95. The van der Waals surface area contributed by atoms with E-state index >= 15 is 0 Å². The van der Waals surface area contributed by atoms with E-state index in [0.717, 1.165) is 0 Å². The van der Waals surface area contributed by atoms with Crippen LogP contribution in [0.2, 0.25) is 18.1 Å². The SMILES string of the molecule is CC(C)(C)[Si](C)(C)OC(=O)c1ccc(N(C(=O)C(F)(F)C(F)(F)F)C(=O)C(F)(F)C(F)(F)F)cc1. The summed E-state index contributed by atoms with van der Waals surface area (Å²) in [6, 6.07) is 1.74. The number of anilines is 1. The summed E-state index contributed by atoms with van der Waals surface area (Å²) in [5, 5.41) is -0.482. The predicted octanol–water partition coefficient (Wildman–Crippen LogP) is 6.10. The lowest BCUT2D eigenvalue weighted by Crippen LogP contribution is -2.60. The molecule has 2 amide bonds. The Labute approximate surface area is 193 Å². The van der Waals surface area contributed by atoms with Gasteiger partial charge >= 0.3 is 42.0 Å². The first-order valence-corrected chi connectivity index (χ1v) is 12.3. The van der Waals surface area contributed by atoms with Crippen LogP contribution in [0.1, 0.15) is 31.1 Å². The molecule has 5 nitrogen and oxygen atoms in total. The van der Waals surface area contributed by atoms with Gasteiger partial charge in [-0.25, -0.2) is 9.69 Å². The summed E-state index contributed by atoms with van der Waals surface area (Å²) in [7, 11) is -2.73. The number of hydrogen-bond donors (Lipinski definition) is 0. The molecule has 0 atom stereocenters. The Morgan fingerprint density at radius 3 is 1.34 bits per heavy atom. The predicted molar refractivity (Wildman–Crippen MR) is 104 cm³/mol. The normalized spacial score (nSPS) is 13.9. The van der Waals surface area contributed by atoms with Crippen molar-refractivity contribution in [1.29, 1.82) is 0 Å². The van der Waals surface area contributed by atoms with Crippen LogP contribution in [0.15, 0.2) is 24.3 Å². The molecule has 0 heterocycles. The lowest BCUT2D eigenvalue weighted by molar-refractivity contribution is -0.273. The van der Waals surface area contributed by atoms with E-state index in [-0.39, 0.29) is 12.1 Å². The molecule has 0 saturated heterocycles. The number of carbonyl (C=O) groups excluding carboxylic acids is 3. The molecule has 0 unspecified atom stereocenters. The van der Waals surface area contributed by atoms with E-state index < -0.39 is 71.5 Å². The van der Waals surface area contributed by atoms with Gasteiger partial charge in [0.2, 0.25) is 0 Å². The van der Waals surface area contributed by atoms with Crippen molar-refractivity contribution in [2.75, 3.05) is 4.90 Å². The summed E-state index contributed by atoms with van der Waals surface area (Å²) in [5.41, 5.74) is -1.92. The van der Waals surface area contributed by atoms with Crippen molar-refractivity contribution < 1.29 is 62.7 Å². The summed E-state index contributed by atoms with van der Waals surface area (Å²) >= 11 is 0. The van der Waals surface area contributed by atoms with E-state index in [1.54, 1.807) is 33.9 Å². The van der Waals surface area contributed by atoms with Gasteiger partial charge in [0.25, 0.3) is 8.32 Å². The zero-order chi connectivity index (χ0) is 28.0. The third-order valence-electron chi connectivity index (χ3n) is 5.17. The van der Waals surface area contributed by atoms with Gasteiger partial charge < -0.3 is 4.43 Å². The first-order valence-electron chi connectivity index (χ1n) is 9.40. The van der Waals surface area contributed by atoms with Crippen molar-refractivity contribution in [1.82, 2.24) is 0 Å². The molecule has 1 rings (SSSR count). The Hall–Kier alpha value is -2.65. The topological polar surface area (TPSA) is 63.7 Å². The second-order valence-electron chi connectivity index (χ2n) is 8.79. The molecule has 0 aliphatic rings. The Balaban J connectivity index is 3.55. The van der Waals surface area contributed by atoms with Crippen LogP contribution in [0.5, 0.6) is 0 Å². The highest BCUT2D eigenvalue weighted by molar-refractivity contribution is 6.75. The van der Waals surface area contributed by atoms with Gasteiger partial charge in [0.1, 0.15) is 0 Å². The van der Waals surface area contributed by atoms with Gasteiger partial charge in [0, 0.05) is 0 Å². The Morgan fingerprint density at radius 2 is 1.06 bits per heavy atom. The fourth-order valence-corrected chi connectivity index (χ4v) is 2.93. The number of amides is 2. The van der Waals surface area contributed by atoms with E-state index in [1.165, 1.54) is 0 Å². The standard InChI is InChI=1S/C19H19F10NO4Si/c1-15(2,3)35(4,5)34-12(31)10-6-8-11(9-7-10)30(13(32)16(20,21)18(24,25)26)14(33)17(22,23)19(27,28)29/h6-9H,1-5H3. The van der Waals surface area contributed by atoms with E-state index in [0.29, 0.717) is 12.1 Å². The average molecular weight is 543 g/mol. The summed E-state index contributed by atoms with van der Waals surface area (Å²) in [4.78, 5) is 34.3. The van der Waals surface area contributed by atoms with Gasteiger partial charge in [-0.15, -0.1) is 0 Å². The van der Waals surface area contributed by atoms with Crippen molar-refractivity contribution in [2.24, 2.45) is 0 Å². The van der Waals surface area contributed by atoms with Crippen LogP contribution in [0, 0.1) is 0 Å². The van der Waals surface area contributed by atoms with Crippen molar-refractivity contribution in [3.05, 3.63) is 29.8 Å². The van der Waals surface area contributed by atoms with Crippen LogP contribution in [0.3, 0.4) is 0 Å². The maximum Gasteiger partial charge on any atom is 0.463 e. The van der Waals surface area contributed by atoms with Crippen LogP contribution in [0.25, 0.3) is 0 Å². The monoisotopic (exact) mass is 543 g/mol. The molecule has 16 heteroatoms. The van der Waals surface area contributed by atoms with E-state index in [2.05, 4.69) is 0 Å². The first kappa shape index (κ1) is 30.4. The van der Waals surface area contributed by atoms with Crippen LogP contribution in [-0.2, 0) is 14.0 Å². The first-order chi connectivity index (χ1) is 15.3. The quantitative estimate of drug-likeness (QED) is 0.333. The van der Waals surface area contributed by atoms with Gasteiger partial charge in [-0.05, 0) is 42.4 Å². The average Bonchev–Trinajstić information content (AvgIpc) is 2.65. The number of carbonyl (C=O) groups is 3. The molecule has 0 N–H and O–H groups in total. The molecule has 1 aromatic carbocycles. The molecule has 0 aliphatic heterocycles. The number of nitrogens with zero attached hydrogens (tertiary/aromatic N) is 1. The van der Waals surface area contributed by atoms with Gasteiger partial charge in [-0.3, -0.25) is 9.59 Å². The second-order valence-corrected chi connectivity index (χ2v) is 13.5. The Bertz CT molecular complexity index is 941. The lowest BCUT2D eigenvalue weighted by atomic mass is 10.1. The van der Waals surface area contributed by atoms with Gasteiger partial charge in [-0.2, -0.15) is 43.9 Å². The zero-order valence-electron chi connectivity index (χ0n) is 18.7. The molecule has 198 valence electrons. The summed E-state index contributed by atoms with van der Waals surface area (Å²) in [5.74, 6) is -21.5. The highest BCUT2D eigenvalue weighted by atomic mass is 28.4. The molecule has 0 saturated carbocycles. The number of alkyl halides is 10. The molecule has 0 bridgehead atoms. The third-order valence-corrected chi connectivity index (χ3v) is 9.48. The van der Waals surface area contributed by atoms with E-state index in [4.69, 9.17) is 4.43 Å². The summed E-state index contributed by atoms with van der Waals surface area (Å²) in [6.45, 7) is 8.57.